The van der Waals surface area contributed by atoms with Crippen LogP contribution < -0.4 is 126 Å². The zero-order valence-electron chi connectivity index (χ0n) is 74.1. The van der Waals surface area contributed by atoms with Gasteiger partial charge in [0, 0.05) is 19.3 Å². The second kappa shape index (κ2) is 62.1. The van der Waals surface area contributed by atoms with Crippen LogP contribution in [-0.2, 0) is 96.0 Å². The number of nitrogens with one attached hydrogen (secondary N) is 15. The second-order valence-electron chi connectivity index (χ2n) is 32.1. The number of carbonyl (C=O) groups excluding carboxylic acids is 16. The van der Waals surface area contributed by atoms with Gasteiger partial charge in [-0.25, -0.2) is 0 Å². The molecule has 0 spiro atoms. The summed E-state index contributed by atoms with van der Waals surface area (Å²) in [7, 11) is 0. The number of benzene rings is 3. The van der Waals surface area contributed by atoms with Crippen molar-refractivity contribution in [1.82, 2.24) is 79.8 Å². The Bertz CT molecular complexity index is 3870. The van der Waals surface area contributed by atoms with E-state index in [-0.39, 0.29) is 115 Å². The van der Waals surface area contributed by atoms with Gasteiger partial charge in [-0.05, 0) is 204 Å². The molecule has 0 aliphatic rings. The minimum Gasteiger partial charge on any atom is -0.368 e. The fourth-order valence-electron chi connectivity index (χ4n) is 13.5. The predicted octanol–water partition coefficient (Wildman–Crippen LogP) is -3.40. The monoisotopic (exact) mass is 1770 g/mol. The molecule has 0 unspecified atom stereocenters. The van der Waals surface area contributed by atoms with Crippen molar-refractivity contribution in [2.75, 3.05) is 58.9 Å². The summed E-state index contributed by atoms with van der Waals surface area (Å²) in [5.41, 5.74) is 48.1. The molecule has 0 saturated heterocycles. The van der Waals surface area contributed by atoms with Crippen LogP contribution in [0, 0.1) is 11.8 Å². The molecule has 31 N–H and O–H groups in total. The number of unbranched alkanes of at least 4 members (excludes halogenated alkanes) is 6. The number of hydrogen-bond donors (Lipinski definition) is 23. The van der Waals surface area contributed by atoms with Gasteiger partial charge in [0.15, 0.2) is 0 Å². The fraction of sp³-hybridized carbons (Fsp3) is 0.609. The van der Waals surface area contributed by atoms with E-state index in [9.17, 15) is 76.7 Å². The van der Waals surface area contributed by atoms with Crippen molar-refractivity contribution in [2.24, 2.45) is 57.7 Å². The molecular weight excluding hydrogens is 1620 g/mol. The van der Waals surface area contributed by atoms with Gasteiger partial charge >= 0.3 is 0 Å². The van der Waals surface area contributed by atoms with Crippen LogP contribution in [0.1, 0.15) is 187 Å². The molecule has 0 radical (unpaired) electrons. The van der Waals surface area contributed by atoms with Crippen LogP contribution in [0.25, 0.3) is 0 Å². The van der Waals surface area contributed by atoms with E-state index in [0.29, 0.717) is 101 Å². The normalized spacial score (nSPS) is 14.5. The van der Waals surface area contributed by atoms with E-state index in [4.69, 9.17) is 45.9 Å². The Kier molecular flexibility index (Phi) is 53.8. The van der Waals surface area contributed by atoms with Crippen LogP contribution in [0.4, 0.5) is 0 Å². The van der Waals surface area contributed by atoms with Crippen molar-refractivity contribution in [3.05, 3.63) is 108 Å². The molecule has 126 heavy (non-hydrogen) atoms. The summed E-state index contributed by atoms with van der Waals surface area (Å²) in [6, 6.07) is 9.68. The number of nitrogens with two attached hydrogens (primary N) is 8. The van der Waals surface area contributed by atoms with Gasteiger partial charge in [-0.1, -0.05) is 125 Å². The fourth-order valence-corrected chi connectivity index (χ4v) is 13.5. The SMILES string of the molecule is CC[C@H](C)[C@H](NC(=O)CN)C(=O)N[C@@H](CCCCN)C(=O)N[C@@H](CCCCN)C(=O)N[C@@H](Cc1ccccc1)C(=O)N[C@@H](CC(C)C)C(=O)N[C@@H](CCCCN)C(=O)N[C@@H](CCCCN)C(=O)N[C@@H](C)C(=O)NCC(=O)N[C@@H](CCCCN)C(=O)N[C@@H](Cc1ccccc1)C(=O)NCC(=O)N[C@@H](CCCCN)C(=O)N[C@@H](C)C(=O)N[C@@H](Cc1ccccc1)C(N)=O. The third-order valence-corrected chi connectivity index (χ3v) is 21.0. The standard InChI is InChI=1S/C87H143N23O16/c1-7-55(4)74(110-71(111)51-94)87(126)105-66(40-22-28-46-93)83(122)103-65(39-21-27-45-92)84(123)109-70(50-60-33-15-10-16-34-60)86(125)107-68(47-54(2)3)85(124)104-64(38-20-26-44-91)82(121)102-63(37-19-25-43-90)80(119)98-56(5)76(115)96-52-72(112)101-62(36-18-24-42-89)81(120)108-69(49-59-31-13-9-14-32-59)78(117)97-53-73(113)100-61(35-17-23-41-88)79(118)99-57(6)77(116)106-67(75(95)114)48-58-29-11-8-12-30-58/h8-16,29-34,54-57,61-70,74H,7,17-28,35-53,88-94H2,1-6H3,(H2,95,114)(H,96,115)(H,97,117)(H,98,119)(H,99,118)(H,100,113)(H,101,112)(H,102,121)(H,103,122)(H,104,124)(H,105,126)(H,106,116)(H,107,125)(H,108,120)(H,109,123)(H,110,111)/t55-,56-,57-,61-,62-,63-,64-,65-,66-,67-,68-,69-,70-,74-/m0/s1. The van der Waals surface area contributed by atoms with Crippen molar-refractivity contribution in [3.63, 3.8) is 0 Å². The zero-order chi connectivity index (χ0) is 93.5. The van der Waals surface area contributed by atoms with Crippen LogP contribution in [0.2, 0.25) is 0 Å². The minimum absolute atomic E-state index is 0.00493. The highest BCUT2D eigenvalue weighted by Crippen LogP contribution is 2.17. The first kappa shape index (κ1) is 109. The smallest absolute Gasteiger partial charge is 0.243 e. The maximum Gasteiger partial charge on any atom is 0.243 e. The molecule has 0 saturated carbocycles. The topological polar surface area (TPSA) is 662 Å². The van der Waals surface area contributed by atoms with Crippen LogP contribution in [-0.4, -0.2) is 232 Å². The molecule has 0 bridgehead atoms. The van der Waals surface area contributed by atoms with Gasteiger partial charge in [0.25, 0.3) is 0 Å². The first-order valence-electron chi connectivity index (χ1n) is 44.1. The minimum atomic E-state index is -1.38. The Morgan fingerprint density at radius 1 is 0.278 bits per heavy atom. The highest BCUT2D eigenvalue weighted by Gasteiger charge is 2.38. The Morgan fingerprint density at radius 3 is 0.873 bits per heavy atom. The maximum absolute atomic E-state index is 14.9. The summed E-state index contributed by atoms with van der Waals surface area (Å²) in [6.45, 7) is 9.64. The molecule has 3 rings (SSSR count). The van der Waals surface area contributed by atoms with Gasteiger partial charge in [-0.2, -0.15) is 0 Å². The lowest BCUT2D eigenvalue weighted by Gasteiger charge is -2.29. The Morgan fingerprint density at radius 2 is 0.548 bits per heavy atom. The van der Waals surface area contributed by atoms with E-state index in [1.807, 2.05) is 6.92 Å². The van der Waals surface area contributed by atoms with Crippen molar-refractivity contribution in [2.45, 2.75) is 268 Å². The summed E-state index contributed by atoms with van der Waals surface area (Å²) in [6.07, 6.45) is 5.48. The summed E-state index contributed by atoms with van der Waals surface area (Å²) >= 11 is 0. The van der Waals surface area contributed by atoms with Crippen LogP contribution in [0.5, 0.6) is 0 Å². The molecule has 39 nitrogen and oxygen atoms in total. The van der Waals surface area contributed by atoms with E-state index in [0.717, 1.165) is 5.56 Å². The number of hydrogen-bond acceptors (Lipinski definition) is 23. The number of rotatable bonds is 65. The van der Waals surface area contributed by atoms with E-state index < -0.39 is 186 Å². The first-order chi connectivity index (χ1) is 60.3. The van der Waals surface area contributed by atoms with Crippen LogP contribution >= 0.6 is 0 Å². The van der Waals surface area contributed by atoms with Crippen molar-refractivity contribution in [3.8, 4) is 0 Å². The van der Waals surface area contributed by atoms with Gasteiger partial charge in [-0.15, -0.1) is 0 Å². The molecule has 3 aromatic carbocycles. The molecule has 0 fully saturated rings. The van der Waals surface area contributed by atoms with E-state index in [1.54, 1.807) is 112 Å². The lowest BCUT2D eigenvalue weighted by molar-refractivity contribution is -0.136. The van der Waals surface area contributed by atoms with Gasteiger partial charge in [0.2, 0.25) is 94.5 Å². The van der Waals surface area contributed by atoms with Gasteiger partial charge in [-0.3, -0.25) is 76.7 Å². The average molecular weight is 1770 g/mol. The molecular formula is C87H143N23O16. The largest absolute Gasteiger partial charge is 0.368 e. The molecule has 702 valence electrons. The zero-order valence-corrected chi connectivity index (χ0v) is 74.1. The van der Waals surface area contributed by atoms with Crippen LogP contribution in [0.15, 0.2) is 91.0 Å². The molecule has 39 heteroatoms. The molecule has 16 amide bonds. The number of amides is 16. The Labute approximate surface area is 739 Å². The summed E-state index contributed by atoms with van der Waals surface area (Å²) in [4.78, 5) is 223. The summed E-state index contributed by atoms with van der Waals surface area (Å²) in [5.74, 6) is -13.0. The molecule has 3 aromatic rings. The van der Waals surface area contributed by atoms with Crippen molar-refractivity contribution >= 4 is 94.5 Å². The van der Waals surface area contributed by atoms with Gasteiger partial charge < -0.3 is 126 Å². The lowest BCUT2D eigenvalue weighted by atomic mass is 9.97. The quantitative estimate of drug-likeness (QED) is 0.0245. The van der Waals surface area contributed by atoms with Gasteiger partial charge in [0.1, 0.15) is 78.5 Å². The van der Waals surface area contributed by atoms with E-state index >= 15 is 0 Å². The molecule has 14 atom stereocenters. The second-order valence-corrected chi connectivity index (χ2v) is 32.1. The Balaban J connectivity index is 1.84. The van der Waals surface area contributed by atoms with E-state index in [1.165, 1.54) is 13.8 Å². The van der Waals surface area contributed by atoms with E-state index in [2.05, 4.69) is 79.8 Å². The first-order valence-corrected chi connectivity index (χ1v) is 44.1. The molecule has 0 aromatic heterocycles. The molecule has 0 heterocycles. The Hall–Kier alpha value is -11.1. The van der Waals surface area contributed by atoms with Crippen molar-refractivity contribution < 1.29 is 76.7 Å². The lowest BCUT2D eigenvalue weighted by Crippen LogP contribution is -2.61. The number of carbonyl (C=O) groups is 16. The maximum atomic E-state index is 14.9. The average Bonchev–Trinajstić information content (AvgIpc) is 0.848. The van der Waals surface area contributed by atoms with Crippen molar-refractivity contribution in [1.29, 1.82) is 0 Å². The molecule has 0 aliphatic carbocycles. The summed E-state index contributed by atoms with van der Waals surface area (Å²) < 4.78 is 0. The highest BCUT2D eigenvalue weighted by atomic mass is 16.2. The third kappa shape index (κ3) is 43.2. The van der Waals surface area contributed by atoms with Gasteiger partial charge in [0.05, 0.1) is 19.6 Å². The van der Waals surface area contributed by atoms with Crippen LogP contribution in [0.3, 0.4) is 0 Å². The molecule has 0 aliphatic heterocycles. The number of primary amides is 1. The summed E-state index contributed by atoms with van der Waals surface area (Å²) in [5, 5.41) is 40.0. The predicted molar refractivity (Wildman–Crippen MR) is 477 cm³/mol. The third-order valence-electron chi connectivity index (χ3n) is 21.0. The highest BCUT2D eigenvalue weighted by molar-refractivity contribution is 6.00.